The molecule has 1 aliphatic rings. The second kappa shape index (κ2) is 4.47. The molecule has 1 atom stereocenters. The van der Waals surface area contributed by atoms with Gasteiger partial charge in [-0.15, -0.1) is 0 Å². The number of rotatable bonds is 1. The zero-order valence-electron chi connectivity index (χ0n) is 12.2. The van der Waals surface area contributed by atoms with Crippen LogP contribution in [0, 0.1) is 16.7 Å². The van der Waals surface area contributed by atoms with E-state index < -0.39 is 0 Å². The average molecular weight is 237 g/mol. The molecule has 0 aliphatic heterocycles. The second-order valence-electron chi connectivity index (χ2n) is 6.91. The van der Waals surface area contributed by atoms with Crippen LogP contribution in [0.15, 0.2) is 11.6 Å². The molecule has 0 amide bonds. The number of ether oxygens (including phenoxy) is 1. The monoisotopic (exact) mass is 237 g/mol. The molecule has 0 heterocycles. The van der Waals surface area contributed by atoms with Gasteiger partial charge in [-0.1, -0.05) is 47.1 Å². The van der Waals surface area contributed by atoms with Crippen LogP contribution in [-0.2, 0) is 9.53 Å². The van der Waals surface area contributed by atoms with Crippen molar-refractivity contribution in [2.24, 2.45) is 10.8 Å². The molecule has 1 aliphatic carbocycles. The third kappa shape index (κ3) is 3.58. The molecule has 0 bridgehead atoms. The molecule has 0 aromatic rings. The summed E-state index contributed by atoms with van der Waals surface area (Å²) >= 11 is 0. The maximum absolute atomic E-state index is 11.1. The molecule has 0 spiro atoms. The van der Waals surface area contributed by atoms with Crippen LogP contribution in [0.25, 0.3) is 0 Å². The minimum atomic E-state index is -0.199. The smallest absolute Gasteiger partial charge is 0.303 e. The van der Waals surface area contributed by atoms with Gasteiger partial charge in [0.15, 0.2) is 0 Å². The maximum atomic E-state index is 11.1. The Morgan fingerprint density at radius 3 is 2.00 bits per heavy atom. The van der Waals surface area contributed by atoms with Gasteiger partial charge in [0.05, 0.1) is 0 Å². The number of allylic oxidation sites excluding steroid dienone is 1. The lowest BCUT2D eigenvalue weighted by atomic mass is 9.69. The van der Waals surface area contributed by atoms with E-state index in [0.717, 1.165) is 6.42 Å². The summed E-state index contributed by atoms with van der Waals surface area (Å²) in [6.07, 6.45) is 2.90. The van der Waals surface area contributed by atoms with Crippen LogP contribution in [-0.4, -0.2) is 12.1 Å². The van der Waals surface area contributed by atoms with Crippen LogP contribution in [0.5, 0.6) is 0 Å². The van der Waals surface area contributed by atoms with E-state index in [1.165, 1.54) is 18.4 Å². The molecule has 97 valence electrons. The van der Waals surface area contributed by atoms with Crippen molar-refractivity contribution in [3.63, 3.8) is 0 Å². The fraction of sp³-hybridized carbons (Fsp3) is 0.733. The summed E-state index contributed by atoms with van der Waals surface area (Å²) in [6, 6.07) is 0. The first-order valence-corrected chi connectivity index (χ1v) is 6.28. The Morgan fingerprint density at radius 1 is 1.18 bits per heavy atom. The highest BCUT2D eigenvalue weighted by atomic mass is 16.5. The Balaban J connectivity index is 2.96. The molecule has 0 fully saturated rings. The highest BCUT2D eigenvalue weighted by Crippen LogP contribution is 2.49. The van der Waals surface area contributed by atoms with Crippen molar-refractivity contribution >= 4 is 5.97 Å². The van der Waals surface area contributed by atoms with E-state index in [9.17, 15) is 4.79 Å². The van der Waals surface area contributed by atoms with Crippen LogP contribution >= 0.6 is 0 Å². The molecular weight excluding hydrogens is 212 g/mol. The molecule has 2 nitrogen and oxygen atoms in total. The quantitative estimate of drug-likeness (QED) is 0.646. The van der Waals surface area contributed by atoms with E-state index in [1.807, 2.05) is 0 Å². The third-order valence-electron chi connectivity index (χ3n) is 3.11. The van der Waals surface area contributed by atoms with Gasteiger partial charge in [-0.05, 0) is 23.3 Å². The number of hydrogen-bond acceptors (Lipinski definition) is 2. The van der Waals surface area contributed by atoms with Crippen LogP contribution in [0.4, 0.5) is 0 Å². The molecule has 17 heavy (non-hydrogen) atoms. The molecule has 2 heteroatoms. The molecule has 1 radical (unpaired) electrons. The van der Waals surface area contributed by atoms with E-state index in [0.29, 0.717) is 0 Å². The molecule has 0 saturated heterocycles. The van der Waals surface area contributed by atoms with Gasteiger partial charge < -0.3 is 4.74 Å². The minimum absolute atomic E-state index is 0.0732. The summed E-state index contributed by atoms with van der Waals surface area (Å²) < 4.78 is 5.33. The van der Waals surface area contributed by atoms with Crippen LogP contribution in [0.3, 0.4) is 0 Å². The zero-order valence-corrected chi connectivity index (χ0v) is 12.2. The van der Waals surface area contributed by atoms with Crippen molar-refractivity contribution in [3.8, 4) is 0 Å². The summed E-state index contributed by atoms with van der Waals surface area (Å²) in [5.74, 6) is 1.21. The van der Waals surface area contributed by atoms with E-state index in [1.54, 1.807) is 0 Å². The Morgan fingerprint density at radius 2 is 1.71 bits per heavy atom. The average Bonchev–Trinajstić information content (AvgIpc) is 2.44. The minimum Gasteiger partial charge on any atom is -0.458 e. The number of carbonyl (C=O) groups is 1. The van der Waals surface area contributed by atoms with Crippen molar-refractivity contribution in [2.45, 2.75) is 61.0 Å². The number of hydrogen-bond donors (Lipinski definition) is 0. The Hall–Kier alpha value is -0.790. The van der Waals surface area contributed by atoms with Gasteiger partial charge in [0, 0.05) is 12.8 Å². The van der Waals surface area contributed by atoms with Gasteiger partial charge in [-0.25, -0.2) is 0 Å². The summed E-state index contributed by atoms with van der Waals surface area (Å²) in [4.78, 5) is 11.1. The van der Waals surface area contributed by atoms with E-state index in [2.05, 4.69) is 47.6 Å². The van der Waals surface area contributed by atoms with E-state index in [-0.39, 0.29) is 22.9 Å². The molecule has 1 rings (SSSR count). The lowest BCUT2D eigenvalue weighted by molar-refractivity contribution is -0.144. The third-order valence-corrected chi connectivity index (χ3v) is 3.11. The van der Waals surface area contributed by atoms with Gasteiger partial charge in [-0.2, -0.15) is 0 Å². The zero-order chi connectivity index (χ0) is 13.4. The summed E-state index contributed by atoms with van der Waals surface area (Å²) in [6.45, 7) is 14.8. The van der Waals surface area contributed by atoms with E-state index in [4.69, 9.17) is 4.74 Å². The second-order valence-corrected chi connectivity index (χ2v) is 6.91. The fourth-order valence-corrected chi connectivity index (χ4v) is 2.36. The molecule has 0 saturated carbocycles. The first-order valence-electron chi connectivity index (χ1n) is 6.28. The largest absolute Gasteiger partial charge is 0.458 e. The van der Waals surface area contributed by atoms with Crippen LogP contribution < -0.4 is 0 Å². The van der Waals surface area contributed by atoms with Crippen LogP contribution in [0.1, 0.15) is 54.9 Å². The van der Waals surface area contributed by atoms with Crippen LogP contribution in [0.2, 0.25) is 0 Å². The predicted octanol–water partition coefficient (Wildman–Crippen LogP) is 3.91. The maximum Gasteiger partial charge on any atom is 0.303 e. The molecule has 0 N–H and O–H groups in total. The molecule has 0 aromatic carbocycles. The first-order chi connectivity index (χ1) is 7.51. The standard InChI is InChI=1S/C15H25O2/c1-10(16)17-11-8-12(14(2,3)4)13(9-11)15(5,6)7/h8,11H,9H2,1-7H3/t11-/m0/s1. The normalized spacial score (nSPS) is 22.5. The number of carbonyl (C=O) groups excluding carboxylic acids is 1. The van der Waals surface area contributed by atoms with Crippen molar-refractivity contribution in [1.29, 1.82) is 0 Å². The molecule has 0 unspecified atom stereocenters. The highest BCUT2D eigenvalue weighted by Gasteiger charge is 2.40. The summed E-state index contributed by atoms with van der Waals surface area (Å²) in [5, 5.41) is 0. The van der Waals surface area contributed by atoms with Gasteiger partial charge in [0.2, 0.25) is 0 Å². The van der Waals surface area contributed by atoms with Crippen molar-refractivity contribution < 1.29 is 9.53 Å². The molecule has 0 aromatic heterocycles. The SMILES string of the molecule is CC(=O)O[C@H]1C=C(C(C)(C)C)[C](C(C)(C)C)C1. The Bertz CT molecular complexity index is 326. The first kappa shape index (κ1) is 14.3. The highest BCUT2D eigenvalue weighted by molar-refractivity contribution is 5.66. The summed E-state index contributed by atoms with van der Waals surface area (Å²) in [5.41, 5.74) is 1.59. The Kier molecular flexibility index (Phi) is 3.75. The van der Waals surface area contributed by atoms with Gasteiger partial charge in [0.25, 0.3) is 0 Å². The molecular formula is C15H25O2. The van der Waals surface area contributed by atoms with Crippen molar-refractivity contribution in [2.75, 3.05) is 0 Å². The Labute approximate surface area is 105 Å². The summed E-state index contributed by atoms with van der Waals surface area (Å²) in [7, 11) is 0. The topological polar surface area (TPSA) is 26.3 Å². The predicted molar refractivity (Wildman–Crippen MR) is 70.4 cm³/mol. The van der Waals surface area contributed by atoms with Gasteiger partial charge in [-0.3, -0.25) is 4.79 Å². The van der Waals surface area contributed by atoms with Gasteiger partial charge in [0.1, 0.15) is 6.10 Å². The van der Waals surface area contributed by atoms with Gasteiger partial charge >= 0.3 is 5.97 Å². The lowest BCUT2D eigenvalue weighted by Crippen LogP contribution is -2.25. The van der Waals surface area contributed by atoms with Crippen molar-refractivity contribution in [1.82, 2.24) is 0 Å². The fourth-order valence-electron chi connectivity index (χ4n) is 2.36. The lowest BCUT2D eigenvalue weighted by Gasteiger charge is -2.35. The van der Waals surface area contributed by atoms with Crippen molar-refractivity contribution in [3.05, 3.63) is 17.6 Å². The number of esters is 1. The van der Waals surface area contributed by atoms with E-state index >= 15 is 0 Å².